The summed E-state index contributed by atoms with van der Waals surface area (Å²) >= 11 is 0. The number of aryl methyl sites for hydroxylation is 2. The molecule has 0 aliphatic rings. The molecule has 0 heterocycles. The lowest BCUT2D eigenvalue weighted by atomic mass is 9.98. The Morgan fingerprint density at radius 1 is 0.893 bits per heavy atom. The number of nitrogens with one attached hydrogen (secondary N) is 2. The summed E-state index contributed by atoms with van der Waals surface area (Å²) < 4.78 is 5.34. The lowest BCUT2D eigenvalue weighted by molar-refractivity contribution is -0.115. The molecule has 0 aliphatic carbocycles. The van der Waals surface area contributed by atoms with Gasteiger partial charge in [-0.25, -0.2) is 0 Å². The number of amides is 1. The number of methoxy groups -OCH3 is 1. The molecule has 0 saturated heterocycles. The molecule has 28 heavy (non-hydrogen) atoms. The average molecular weight is 374 g/mol. The van der Waals surface area contributed by atoms with E-state index in [9.17, 15) is 4.79 Å². The fourth-order valence-electron chi connectivity index (χ4n) is 3.14. The molecule has 0 unspecified atom stereocenters. The maximum atomic E-state index is 12.6. The molecule has 0 fully saturated rings. The van der Waals surface area contributed by atoms with E-state index in [0.29, 0.717) is 11.4 Å². The Bertz CT molecular complexity index is 921. The van der Waals surface area contributed by atoms with Crippen molar-refractivity contribution in [3.8, 4) is 5.75 Å². The predicted octanol–water partition coefficient (Wildman–Crippen LogP) is 4.63. The topological polar surface area (TPSA) is 50.4 Å². The number of hydrogen-bond donors (Lipinski definition) is 2. The Morgan fingerprint density at radius 3 is 2.21 bits per heavy atom. The monoisotopic (exact) mass is 374 g/mol. The van der Waals surface area contributed by atoms with Crippen molar-refractivity contribution < 1.29 is 9.53 Å². The van der Waals surface area contributed by atoms with Gasteiger partial charge >= 0.3 is 0 Å². The van der Waals surface area contributed by atoms with Crippen molar-refractivity contribution in [2.45, 2.75) is 19.9 Å². The Labute approximate surface area is 166 Å². The third-order valence-electron chi connectivity index (χ3n) is 4.64. The highest BCUT2D eigenvalue weighted by molar-refractivity contribution is 5.93. The molecule has 0 aromatic heterocycles. The van der Waals surface area contributed by atoms with Gasteiger partial charge in [-0.2, -0.15) is 0 Å². The lowest BCUT2D eigenvalue weighted by Crippen LogP contribution is -2.32. The fourth-order valence-corrected chi connectivity index (χ4v) is 3.14. The molecule has 3 rings (SSSR count). The summed E-state index contributed by atoms with van der Waals surface area (Å²) in [5.41, 5.74) is 5.19. The van der Waals surface area contributed by atoms with Gasteiger partial charge in [0, 0.05) is 0 Å². The summed E-state index contributed by atoms with van der Waals surface area (Å²) in [7, 11) is 1.60. The molecule has 4 nitrogen and oxygen atoms in total. The highest BCUT2D eigenvalue weighted by Gasteiger charge is 2.15. The first-order chi connectivity index (χ1) is 13.6. The third kappa shape index (κ3) is 4.99. The number of carbonyl (C=O) groups excluding carboxylic acids is 1. The lowest BCUT2D eigenvalue weighted by Gasteiger charge is -2.20. The van der Waals surface area contributed by atoms with Crippen molar-refractivity contribution in [3.63, 3.8) is 0 Å². The van der Waals surface area contributed by atoms with Crippen LogP contribution in [0.25, 0.3) is 0 Å². The highest BCUT2D eigenvalue weighted by atomic mass is 16.5. The number of hydrogen-bond acceptors (Lipinski definition) is 3. The van der Waals surface area contributed by atoms with Gasteiger partial charge in [0.15, 0.2) is 0 Å². The number of anilines is 1. The van der Waals surface area contributed by atoms with Crippen molar-refractivity contribution in [2.75, 3.05) is 19.0 Å². The first kappa shape index (κ1) is 19.6. The molecule has 3 aromatic carbocycles. The number of benzene rings is 3. The second kappa shape index (κ2) is 9.20. The van der Waals surface area contributed by atoms with Crippen LogP contribution in [0.4, 0.5) is 5.69 Å². The number of ether oxygens (including phenoxy) is 1. The van der Waals surface area contributed by atoms with Crippen LogP contribution in [0, 0.1) is 13.8 Å². The van der Waals surface area contributed by atoms with E-state index < -0.39 is 0 Å². The molecular weight excluding hydrogens is 348 g/mol. The standard InChI is InChI=1S/C24H26N2O2/c1-17-9-12-20(13-10-17)24(19-7-5-4-6-8-19)25-16-23(27)26-21-15-18(2)11-14-22(21)28-3/h4-15,24-25H,16H2,1-3H3,(H,26,27)/t24-/m1/s1. The zero-order valence-corrected chi connectivity index (χ0v) is 16.5. The molecule has 1 amide bonds. The maximum absolute atomic E-state index is 12.6. The first-order valence-electron chi connectivity index (χ1n) is 9.36. The van der Waals surface area contributed by atoms with Crippen molar-refractivity contribution in [2.24, 2.45) is 0 Å². The second-order valence-electron chi connectivity index (χ2n) is 6.89. The largest absolute Gasteiger partial charge is 0.495 e. The zero-order valence-electron chi connectivity index (χ0n) is 16.5. The maximum Gasteiger partial charge on any atom is 0.238 e. The molecule has 0 bridgehead atoms. The van der Waals surface area contributed by atoms with Gasteiger partial charge in [0.2, 0.25) is 5.91 Å². The number of rotatable bonds is 7. The minimum Gasteiger partial charge on any atom is -0.495 e. The van der Waals surface area contributed by atoms with E-state index in [1.807, 2.05) is 43.3 Å². The van der Waals surface area contributed by atoms with Gasteiger partial charge in [-0.15, -0.1) is 0 Å². The molecule has 144 valence electrons. The van der Waals surface area contributed by atoms with E-state index in [2.05, 4.69) is 54.0 Å². The van der Waals surface area contributed by atoms with Crippen LogP contribution in [0.1, 0.15) is 28.3 Å². The van der Waals surface area contributed by atoms with Crippen LogP contribution in [0.3, 0.4) is 0 Å². The Hall–Kier alpha value is -3.11. The van der Waals surface area contributed by atoms with Gasteiger partial charge < -0.3 is 10.1 Å². The van der Waals surface area contributed by atoms with Crippen LogP contribution in [-0.2, 0) is 4.79 Å². The Balaban J connectivity index is 1.74. The highest BCUT2D eigenvalue weighted by Crippen LogP contribution is 2.25. The van der Waals surface area contributed by atoms with Crippen molar-refractivity contribution in [3.05, 3.63) is 95.1 Å². The SMILES string of the molecule is COc1ccc(C)cc1NC(=O)CN[C@H](c1ccccc1)c1ccc(C)cc1. The van der Waals surface area contributed by atoms with Crippen LogP contribution < -0.4 is 15.4 Å². The third-order valence-corrected chi connectivity index (χ3v) is 4.64. The fraction of sp³-hybridized carbons (Fsp3) is 0.208. The normalized spacial score (nSPS) is 11.7. The second-order valence-corrected chi connectivity index (χ2v) is 6.89. The van der Waals surface area contributed by atoms with E-state index >= 15 is 0 Å². The van der Waals surface area contributed by atoms with Crippen molar-refractivity contribution in [1.29, 1.82) is 0 Å². The smallest absolute Gasteiger partial charge is 0.238 e. The number of carbonyl (C=O) groups is 1. The van der Waals surface area contributed by atoms with Gasteiger partial charge in [0.25, 0.3) is 0 Å². The van der Waals surface area contributed by atoms with E-state index in [4.69, 9.17) is 4.74 Å². The molecule has 0 radical (unpaired) electrons. The quantitative estimate of drug-likeness (QED) is 0.634. The van der Waals surface area contributed by atoms with Gasteiger partial charge in [0.05, 0.1) is 25.4 Å². The van der Waals surface area contributed by atoms with Gasteiger partial charge in [0.1, 0.15) is 5.75 Å². The van der Waals surface area contributed by atoms with E-state index in [1.165, 1.54) is 5.56 Å². The molecule has 0 spiro atoms. The average Bonchev–Trinajstić information content (AvgIpc) is 2.70. The first-order valence-corrected chi connectivity index (χ1v) is 9.36. The summed E-state index contributed by atoms with van der Waals surface area (Å²) in [4.78, 5) is 12.6. The Morgan fingerprint density at radius 2 is 1.54 bits per heavy atom. The van der Waals surface area contributed by atoms with Crippen LogP contribution in [0.2, 0.25) is 0 Å². The van der Waals surface area contributed by atoms with Crippen molar-refractivity contribution in [1.82, 2.24) is 5.32 Å². The Kier molecular flexibility index (Phi) is 6.45. The van der Waals surface area contributed by atoms with Crippen LogP contribution in [0.15, 0.2) is 72.8 Å². The summed E-state index contributed by atoms with van der Waals surface area (Å²) in [5.74, 6) is 0.536. The molecule has 3 aromatic rings. The van der Waals surface area contributed by atoms with E-state index in [-0.39, 0.29) is 18.5 Å². The van der Waals surface area contributed by atoms with Gasteiger partial charge in [-0.05, 0) is 42.7 Å². The molecule has 1 atom stereocenters. The van der Waals surface area contributed by atoms with Crippen molar-refractivity contribution >= 4 is 11.6 Å². The summed E-state index contributed by atoms with van der Waals surface area (Å²) in [6.07, 6.45) is 0. The zero-order chi connectivity index (χ0) is 19.9. The molecule has 2 N–H and O–H groups in total. The van der Waals surface area contributed by atoms with Crippen LogP contribution >= 0.6 is 0 Å². The van der Waals surface area contributed by atoms with E-state index in [1.54, 1.807) is 7.11 Å². The van der Waals surface area contributed by atoms with Gasteiger partial charge in [-0.3, -0.25) is 10.1 Å². The molecule has 0 saturated carbocycles. The van der Waals surface area contributed by atoms with Crippen LogP contribution in [-0.4, -0.2) is 19.6 Å². The molecule has 4 heteroatoms. The van der Waals surface area contributed by atoms with Crippen LogP contribution in [0.5, 0.6) is 5.75 Å². The predicted molar refractivity (Wildman–Crippen MR) is 114 cm³/mol. The minimum absolute atomic E-state index is 0.0630. The minimum atomic E-state index is -0.114. The summed E-state index contributed by atoms with van der Waals surface area (Å²) in [6, 6.07) is 24.2. The summed E-state index contributed by atoms with van der Waals surface area (Å²) in [6.45, 7) is 4.23. The molecule has 0 aliphatic heterocycles. The van der Waals surface area contributed by atoms with Gasteiger partial charge in [-0.1, -0.05) is 66.2 Å². The van der Waals surface area contributed by atoms with E-state index in [0.717, 1.165) is 16.7 Å². The summed E-state index contributed by atoms with van der Waals surface area (Å²) in [5, 5.41) is 6.33. The molecular formula is C24H26N2O2.